The van der Waals surface area contributed by atoms with E-state index < -0.39 is 95.4 Å². The number of nitrogen functional groups attached to an aromatic ring is 1. The monoisotopic (exact) mass is 1810 g/mol. The summed E-state index contributed by atoms with van der Waals surface area (Å²) in [6.07, 6.45) is 15.3. The number of hydrogen-bond acceptors (Lipinski definition) is 30. The number of fused-ring (bicyclic) bond motifs is 5. The lowest BCUT2D eigenvalue weighted by Gasteiger charge is -2.42. The molecular weight excluding hydrogens is 1670 g/mol. The molecule has 4 amide bonds. The van der Waals surface area contributed by atoms with E-state index in [1.165, 1.54) is 19.3 Å². The number of aliphatic hydroxyl groups is 3. The number of esters is 1. The highest BCUT2D eigenvalue weighted by atomic mass is 16.6. The topological polar surface area (TPSA) is 500 Å². The minimum atomic E-state index is -2.51. The molecule has 4 aromatic heterocycles. The third-order valence-corrected chi connectivity index (χ3v) is 24.2. The number of benzene rings is 1. The van der Waals surface area contributed by atoms with E-state index in [1.54, 1.807) is 62.6 Å². The number of aliphatic hydroxyl groups excluding tert-OH is 2. The van der Waals surface area contributed by atoms with Gasteiger partial charge in [0, 0.05) is 120 Å². The Morgan fingerprint density at radius 3 is 2.02 bits per heavy atom. The van der Waals surface area contributed by atoms with Gasteiger partial charge in [-0.2, -0.15) is 5.10 Å². The second-order valence-corrected chi connectivity index (χ2v) is 34.1. The third kappa shape index (κ3) is 32.4. The molecule has 1 aromatic carbocycles. The Labute approximate surface area is 754 Å². The van der Waals surface area contributed by atoms with Gasteiger partial charge in [-0.25, -0.2) is 24.1 Å². The maximum absolute atomic E-state index is 14.7. The van der Waals surface area contributed by atoms with Gasteiger partial charge in [-0.15, -0.1) is 5.10 Å². The van der Waals surface area contributed by atoms with Crippen molar-refractivity contribution in [2.75, 3.05) is 139 Å². The molecule has 0 unspecified atom stereocenters. The van der Waals surface area contributed by atoms with Crippen LogP contribution in [0.25, 0.3) is 33.3 Å². The van der Waals surface area contributed by atoms with Crippen molar-refractivity contribution in [1.29, 1.82) is 0 Å². The second kappa shape index (κ2) is 54.0. The summed E-state index contributed by atoms with van der Waals surface area (Å²) in [7, 11) is 3.16. The number of anilines is 1. The van der Waals surface area contributed by atoms with Crippen LogP contribution in [0.4, 0.5) is 5.82 Å². The van der Waals surface area contributed by atoms with Crippen molar-refractivity contribution >= 4 is 74.7 Å². The summed E-state index contributed by atoms with van der Waals surface area (Å²) in [5.41, 5.74) is 17.9. The van der Waals surface area contributed by atoms with Crippen LogP contribution in [0.1, 0.15) is 169 Å². The van der Waals surface area contributed by atoms with Crippen LogP contribution in [-0.4, -0.2) is 299 Å². The highest BCUT2D eigenvalue weighted by molar-refractivity contribution is 6.39. The molecule has 4 aliphatic rings. The molecule has 9 rings (SSSR count). The van der Waals surface area contributed by atoms with Gasteiger partial charge < -0.3 is 110 Å². The number of hydrogen-bond donors (Lipinski definition) is 10. The number of aromatic nitrogens is 8. The van der Waals surface area contributed by atoms with E-state index in [1.807, 2.05) is 56.5 Å². The lowest BCUT2D eigenvalue weighted by Crippen LogP contribution is -2.61. The number of nitrogens with zero attached hydrogens (tertiary/aromatic N) is 8. The molecule has 2 saturated heterocycles. The van der Waals surface area contributed by atoms with Gasteiger partial charge in [0.05, 0.1) is 134 Å². The molecule has 5 aromatic rings. The molecule has 15 atom stereocenters. The maximum atomic E-state index is 14.7. The second-order valence-electron chi connectivity index (χ2n) is 34.1. The number of amides is 4. The number of methoxy groups -OCH3 is 2. The number of carbonyl (C=O) groups is 8. The molecule has 3 aliphatic heterocycles. The Bertz CT molecular complexity index is 4510. The molecule has 37 heteroatoms. The fourth-order valence-corrected chi connectivity index (χ4v) is 16.7. The summed E-state index contributed by atoms with van der Waals surface area (Å²) in [5, 5.41) is 68.4. The standard InChI is InChI=1S/C92H138N14O23/c1-59-17-10-9-11-18-60(2)76(119-7)55-69-25-22-64(6)92(118,129-69)87(115)90(116)104-33-14-12-20-74(104)91(117)128-77(56-75(108)61(3)50-63(5)85(113)86(114)84(112)62(4)49-59)70(93)51-65-23-27-73(78(52-65)120-8)106-57-67(101-103-106)19-16-21-79(109)96-31-37-123-41-45-125-43-39-122-36-29-81(111)97-32-38-124-42-46-127-48-47-126-44-40-121-35-28-80(110)95-30-13-15-34-105-89-82(88(94)98-58-99-89)83(102-105)72-54-66-53-68(107)24-26-71(66)100-72/h9-11,17-18,24,26,50,53-54,57-59,61-62,64-65,69-70,73-74,76-78,85-86,100,107,113-114,118H,12-16,19-23,25,27-49,51-52,55-56,93H2,1-8H3,(H,95,110)(H,96,109)(H,97,111)(H2,94,98,99)/b11-9?,17-10+,60-18?,63-50+/t59-,61-,62-,64-,65+,69+,70-,73+,74+,76+,77+,78-,85-,86+,92-/m1/s1. The Morgan fingerprint density at radius 2 is 1.36 bits per heavy atom. The van der Waals surface area contributed by atoms with Crippen LogP contribution in [0.2, 0.25) is 0 Å². The summed E-state index contributed by atoms with van der Waals surface area (Å²) in [6.45, 7) is 16.5. The van der Waals surface area contributed by atoms with Crippen LogP contribution in [0, 0.1) is 29.6 Å². The van der Waals surface area contributed by atoms with Crippen molar-refractivity contribution in [3.63, 3.8) is 0 Å². The zero-order valence-electron chi connectivity index (χ0n) is 76.2. The number of H-pyrrole nitrogens is 1. The molecular formula is C92H138N14O23. The molecule has 12 N–H and O–H groups in total. The number of allylic oxidation sites excluding steroid dienone is 6. The number of unbranched alkanes of at least 4 members (excludes halogenated alkanes) is 1. The molecule has 3 fully saturated rings. The van der Waals surface area contributed by atoms with Crippen molar-refractivity contribution in [3.05, 3.63) is 90.1 Å². The first-order valence-electron chi connectivity index (χ1n) is 45.6. The van der Waals surface area contributed by atoms with Crippen LogP contribution in [-0.2, 0) is 103 Å². The van der Waals surface area contributed by atoms with Crippen LogP contribution in [0.5, 0.6) is 5.75 Å². The van der Waals surface area contributed by atoms with E-state index in [0.29, 0.717) is 198 Å². The minimum Gasteiger partial charge on any atom is -0.508 e. The summed E-state index contributed by atoms with van der Waals surface area (Å²) >= 11 is 0. The Balaban J connectivity index is 0.588. The number of phenolic OH excluding ortho intramolecular Hbond substituents is 1. The smallest absolute Gasteiger partial charge is 0.329 e. The van der Waals surface area contributed by atoms with E-state index in [4.69, 9.17) is 68.7 Å². The number of piperidine rings is 1. The maximum Gasteiger partial charge on any atom is 0.329 e. The molecule has 0 radical (unpaired) electrons. The number of cyclic esters (lactones) is 1. The number of ether oxygens (including phenoxy) is 11. The Hall–Kier alpha value is -9.19. The first kappa shape index (κ1) is 104. The number of nitrogens with two attached hydrogens (primary N) is 2. The molecule has 7 heterocycles. The Kier molecular flexibility index (Phi) is 43.3. The first-order valence-corrected chi connectivity index (χ1v) is 45.6. The molecule has 0 spiro atoms. The minimum absolute atomic E-state index is 0.00765. The number of nitrogens with one attached hydrogen (secondary N) is 4. The van der Waals surface area contributed by atoms with Gasteiger partial charge in [0.2, 0.25) is 23.5 Å². The van der Waals surface area contributed by atoms with Crippen molar-refractivity contribution in [1.82, 2.24) is 60.6 Å². The van der Waals surface area contributed by atoms with Gasteiger partial charge in [0.15, 0.2) is 11.4 Å². The van der Waals surface area contributed by atoms with Gasteiger partial charge in [-0.05, 0) is 151 Å². The average Bonchev–Trinajstić information content (AvgIpc) is 1.56. The van der Waals surface area contributed by atoms with Crippen LogP contribution >= 0.6 is 0 Å². The highest BCUT2D eigenvalue weighted by Gasteiger charge is 2.53. The van der Waals surface area contributed by atoms with Gasteiger partial charge >= 0.3 is 5.97 Å². The number of carbonyl (C=O) groups excluding carboxylic acids is 8. The molecule has 129 heavy (non-hydrogen) atoms. The normalized spacial score (nSPS) is 25.5. The average molecular weight is 1810 g/mol. The predicted molar refractivity (Wildman–Crippen MR) is 477 cm³/mol. The molecule has 2 bridgehead atoms. The molecule has 37 nitrogen and oxygen atoms in total. The van der Waals surface area contributed by atoms with E-state index in [9.17, 15) is 58.8 Å². The Morgan fingerprint density at radius 1 is 0.705 bits per heavy atom. The van der Waals surface area contributed by atoms with Gasteiger partial charge in [0.1, 0.15) is 53.7 Å². The first-order chi connectivity index (χ1) is 62.2. The number of ketones is 3. The number of aromatic amines is 1. The lowest BCUT2D eigenvalue weighted by atomic mass is 9.79. The van der Waals surface area contributed by atoms with Crippen molar-refractivity contribution in [3.8, 4) is 17.1 Å². The van der Waals surface area contributed by atoms with E-state index in [0.717, 1.165) is 39.9 Å². The lowest BCUT2D eigenvalue weighted by molar-refractivity contribution is -0.265. The van der Waals surface area contributed by atoms with E-state index in [2.05, 4.69) is 41.2 Å². The summed E-state index contributed by atoms with van der Waals surface area (Å²) in [4.78, 5) is 122. The van der Waals surface area contributed by atoms with E-state index in [-0.39, 0.29) is 118 Å². The van der Waals surface area contributed by atoms with Crippen LogP contribution < -0.4 is 27.4 Å². The van der Waals surface area contributed by atoms with Gasteiger partial charge in [0.25, 0.3) is 11.7 Å². The highest BCUT2D eigenvalue weighted by Crippen LogP contribution is 2.40. The van der Waals surface area contributed by atoms with Gasteiger partial charge in [-0.1, -0.05) is 69.4 Å². The summed E-state index contributed by atoms with van der Waals surface area (Å²) in [6, 6.07) is 4.59. The van der Waals surface area contributed by atoms with Crippen LogP contribution in [0.15, 0.2) is 84.4 Å². The van der Waals surface area contributed by atoms with E-state index >= 15 is 0 Å². The zero-order valence-corrected chi connectivity index (χ0v) is 76.2. The predicted octanol–water partition coefficient (Wildman–Crippen LogP) is 6.31. The largest absolute Gasteiger partial charge is 0.508 e. The number of rotatable bonds is 43. The summed E-state index contributed by atoms with van der Waals surface area (Å²) < 4.78 is 67.0. The molecule has 1 saturated carbocycles. The molecule has 714 valence electrons. The number of aromatic hydroxyl groups is 1. The van der Waals surface area contributed by atoms with Crippen molar-refractivity contribution in [2.45, 2.75) is 231 Å². The van der Waals surface area contributed by atoms with Gasteiger partial charge in [-0.3, -0.25) is 33.6 Å². The van der Waals surface area contributed by atoms with Crippen molar-refractivity contribution in [2.24, 2.45) is 35.3 Å². The number of phenols is 1. The number of aryl methyl sites for hydroxylation is 2. The quantitative estimate of drug-likeness (QED) is 0.00884. The fourth-order valence-electron chi connectivity index (χ4n) is 16.7. The number of Topliss-reactive ketones (excluding diaryl/α,β-unsaturated/α-hetero) is 3. The third-order valence-electron chi connectivity index (χ3n) is 24.2. The molecule has 1 aliphatic carbocycles. The SMILES string of the molecule is CO[C@H]1C[C@@H]2CC[C@@H](C)[C@@](O)(O2)C(=O)C(=O)N2CCCC[C@H]2C(=O)O[C@H]([C@H](N)C[C@@H]2CC[C@H](n3cc(CCCC(=O)NCCOCCOCCOCCC(=O)NCCOCCOCCOCCOCCC(=O)NCCCCn4nc(-c5cc6cc(O)ccc6[nH]5)c5c(N)ncnc54)nn3)[C@H](OC)C2)CC(=O)[C@H](C)/C=C(\C)[C@@H](O)[C@@H](O)C(=O)[C@H](C)C[C@H](C)/C=C/C=CC=C1C. The fraction of sp³-hybridized carbons (Fsp3) is 0.663. The zero-order chi connectivity index (χ0) is 92.8. The van der Waals surface area contributed by atoms with Crippen LogP contribution in [0.3, 0.4) is 0 Å². The summed E-state index contributed by atoms with van der Waals surface area (Å²) in [5.74, 6) is -9.04. The van der Waals surface area contributed by atoms with Crippen molar-refractivity contribution < 1.29 is 111 Å².